The zero-order valence-electron chi connectivity index (χ0n) is 10.4. The molecule has 4 heteroatoms. The van der Waals surface area contributed by atoms with Crippen LogP contribution in [0.2, 0.25) is 0 Å². The molecule has 0 radical (unpaired) electrons. The van der Waals surface area contributed by atoms with Crippen molar-refractivity contribution < 1.29 is 9.53 Å². The second-order valence-electron chi connectivity index (χ2n) is 5.92. The van der Waals surface area contributed by atoms with E-state index in [1.54, 1.807) is 0 Å². The SMILES string of the molecule is CC(C)(C)OC(=O)N1C2CCC(C2)[C@H]1CN. The molecule has 92 valence electrons. The van der Waals surface area contributed by atoms with E-state index in [0.29, 0.717) is 18.5 Å². The van der Waals surface area contributed by atoms with E-state index in [1.165, 1.54) is 6.42 Å². The standard InChI is InChI=1S/C12H22N2O2/c1-12(2,3)16-11(15)14-9-5-4-8(6-9)10(14)7-13/h8-10H,4-7,13H2,1-3H3/t8?,9?,10-/m1/s1. The van der Waals surface area contributed by atoms with Gasteiger partial charge in [-0.25, -0.2) is 4.79 Å². The van der Waals surface area contributed by atoms with Gasteiger partial charge in [0.1, 0.15) is 5.60 Å². The van der Waals surface area contributed by atoms with Crippen LogP contribution in [0.5, 0.6) is 0 Å². The number of carbonyl (C=O) groups excluding carboxylic acids is 1. The molecule has 4 nitrogen and oxygen atoms in total. The Morgan fingerprint density at radius 3 is 2.69 bits per heavy atom. The van der Waals surface area contributed by atoms with Gasteiger partial charge in [0.15, 0.2) is 0 Å². The van der Waals surface area contributed by atoms with Gasteiger partial charge in [-0.2, -0.15) is 0 Å². The van der Waals surface area contributed by atoms with Crippen molar-refractivity contribution >= 4 is 6.09 Å². The first-order valence-electron chi connectivity index (χ1n) is 6.14. The minimum Gasteiger partial charge on any atom is -0.444 e. The molecule has 2 N–H and O–H groups in total. The van der Waals surface area contributed by atoms with E-state index in [2.05, 4.69) is 0 Å². The number of nitrogens with two attached hydrogens (primary N) is 1. The van der Waals surface area contributed by atoms with Crippen molar-refractivity contribution in [3.63, 3.8) is 0 Å². The average Bonchev–Trinajstić information content (AvgIpc) is 2.72. The summed E-state index contributed by atoms with van der Waals surface area (Å²) in [6, 6.07) is 0.571. The largest absolute Gasteiger partial charge is 0.444 e. The highest BCUT2D eigenvalue weighted by Gasteiger charge is 2.48. The molecule has 16 heavy (non-hydrogen) atoms. The van der Waals surface area contributed by atoms with Crippen LogP contribution < -0.4 is 5.73 Å². The number of carbonyl (C=O) groups is 1. The first-order valence-corrected chi connectivity index (χ1v) is 6.14. The Balaban J connectivity index is 2.06. The Morgan fingerprint density at radius 1 is 1.44 bits per heavy atom. The Hall–Kier alpha value is -0.770. The van der Waals surface area contributed by atoms with Gasteiger partial charge in [-0.15, -0.1) is 0 Å². The Morgan fingerprint density at radius 2 is 2.12 bits per heavy atom. The van der Waals surface area contributed by atoms with Gasteiger partial charge in [0.2, 0.25) is 0 Å². The lowest BCUT2D eigenvalue weighted by Gasteiger charge is -2.35. The molecule has 2 rings (SSSR count). The van der Waals surface area contributed by atoms with Crippen molar-refractivity contribution in [2.45, 2.75) is 57.7 Å². The van der Waals surface area contributed by atoms with Crippen LogP contribution in [-0.4, -0.2) is 35.2 Å². The number of hydrogen-bond donors (Lipinski definition) is 1. The Bertz CT molecular complexity index is 285. The number of nitrogens with zero attached hydrogens (tertiary/aromatic N) is 1. The zero-order valence-corrected chi connectivity index (χ0v) is 10.4. The molecular weight excluding hydrogens is 204 g/mol. The lowest BCUT2D eigenvalue weighted by atomic mass is 9.99. The number of piperidine rings is 1. The highest BCUT2D eigenvalue weighted by atomic mass is 16.6. The van der Waals surface area contributed by atoms with Crippen molar-refractivity contribution in [2.24, 2.45) is 11.7 Å². The molecule has 2 fully saturated rings. The summed E-state index contributed by atoms with van der Waals surface area (Å²) in [6.07, 6.45) is 3.25. The number of fused-ring (bicyclic) bond motifs is 2. The van der Waals surface area contributed by atoms with Gasteiger partial charge in [0.05, 0.1) is 6.04 Å². The number of rotatable bonds is 1. The summed E-state index contributed by atoms with van der Waals surface area (Å²) < 4.78 is 5.44. The quantitative estimate of drug-likeness (QED) is 0.741. The fourth-order valence-electron chi connectivity index (χ4n) is 3.00. The van der Waals surface area contributed by atoms with Gasteiger partial charge >= 0.3 is 6.09 Å². The second kappa shape index (κ2) is 3.91. The fraction of sp³-hybridized carbons (Fsp3) is 0.917. The molecular formula is C12H22N2O2. The van der Waals surface area contributed by atoms with Gasteiger partial charge in [0, 0.05) is 12.6 Å². The molecule has 0 aromatic heterocycles. The summed E-state index contributed by atoms with van der Waals surface area (Å²) in [5.41, 5.74) is 5.34. The zero-order chi connectivity index (χ0) is 11.9. The Labute approximate surface area is 97.1 Å². The highest BCUT2D eigenvalue weighted by molar-refractivity contribution is 5.69. The maximum absolute atomic E-state index is 12.1. The lowest BCUT2D eigenvalue weighted by Crippen LogP contribution is -2.50. The normalized spacial score (nSPS) is 33.2. The number of amides is 1. The van der Waals surface area contributed by atoms with Crippen LogP contribution in [0.3, 0.4) is 0 Å². The molecule has 1 amide bonds. The molecule has 2 bridgehead atoms. The number of hydrogen-bond acceptors (Lipinski definition) is 3. The van der Waals surface area contributed by atoms with Gasteiger partial charge in [-0.1, -0.05) is 0 Å². The summed E-state index contributed by atoms with van der Waals surface area (Å²) >= 11 is 0. The fourth-order valence-corrected chi connectivity index (χ4v) is 3.00. The maximum Gasteiger partial charge on any atom is 0.410 e. The first-order chi connectivity index (χ1) is 7.42. The summed E-state index contributed by atoms with van der Waals surface area (Å²) in [6.45, 7) is 6.25. The van der Waals surface area contributed by atoms with Crippen LogP contribution in [-0.2, 0) is 4.74 Å². The van der Waals surface area contributed by atoms with Crippen molar-refractivity contribution in [1.29, 1.82) is 0 Å². The van der Waals surface area contributed by atoms with E-state index >= 15 is 0 Å². The van der Waals surface area contributed by atoms with Crippen LogP contribution in [0, 0.1) is 5.92 Å². The van der Waals surface area contributed by atoms with Crippen LogP contribution in [0.15, 0.2) is 0 Å². The van der Waals surface area contributed by atoms with Crippen molar-refractivity contribution in [3.8, 4) is 0 Å². The third kappa shape index (κ3) is 2.03. The molecule has 3 atom stereocenters. The third-order valence-corrected chi connectivity index (χ3v) is 3.59. The van der Waals surface area contributed by atoms with E-state index in [0.717, 1.165) is 12.8 Å². The van der Waals surface area contributed by atoms with E-state index in [1.807, 2.05) is 25.7 Å². The molecule has 1 saturated carbocycles. The molecule has 1 heterocycles. The smallest absolute Gasteiger partial charge is 0.410 e. The summed E-state index contributed by atoms with van der Waals surface area (Å²) in [5, 5.41) is 0. The van der Waals surface area contributed by atoms with E-state index in [9.17, 15) is 4.79 Å². The number of ether oxygens (including phenoxy) is 1. The van der Waals surface area contributed by atoms with Gasteiger partial charge in [-0.05, 0) is 46.0 Å². The molecule has 1 saturated heterocycles. The molecule has 2 unspecified atom stereocenters. The van der Waals surface area contributed by atoms with Crippen molar-refractivity contribution in [3.05, 3.63) is 0 Å². The topological polar surface area (TPSA) is 55.6 Å². The van der Waals surface area contributed by atoms with Crippen LogP contribution in [0.4, 0.5) is 4.79 Å². The monoisotopic (exact) mass is 226 g/mol. The van der Waals surface area contributed by atoms with Crippen LogP contribution >= 0.6 is 0 Å². The van der Waals surface area contributed by atoms with E-state index < -0.39 is 5.60 Å². The predicted molar refractivity (Wildman–Crippen MR) is 62.0 cm³/mol. The minimum absolute atomic E-state index is 0.185. The molecule has 1 aliphatic heterocycles. The third-order valence-electron chi connectivity index (χ3n) is 3.59. The lowest BCUT2D eigenvalue weighted by molar-refractivity contribution is 0.00857. The van der Waals surface area contributed by atoms with Gasteiger partial charge < -0.3 is 15.4 Å². The molecule has 1 aliphatic carbocycles. The van der Waals surface area contributed by atoms with Gasteiger partial charge in [0.25, 0.3) is 0 Å². The molecule has 0 spiro atoms. The summed E-state index contributed by atoms with van der Waals surface area (Å²) in [7, 11) is 0. The van der Waals surface area contributed by atoms with Crippen molar-refractivity contribution in [2.75, 3.05) is 6.54 Å². The minimum atomic E-state index is -0.419. The molecule has 0 aromatic carbocycles. The summed E-state index contributed by atoms with van der Waals surface area (Å²) in [4.78, 5) is 14.0. The predicted octanol–water partition coefficient (Wildman–Crippen LogP) is 1.73. The van der Waals surface area contributed by atoms with E-state index in [4.69, 9.17) is 10.5 Å². The maximum atomic E-state index is 12.1. The first kappa shape index (κ1) is 11.7. The molecule has 2 aliphatic rings. The van der Waals surface area contributed by atoms with Gasteiger partial charge in [-0.3, -0.25) is 0 Å². The second-order valence-corrected chi connectivity index (χ2v) is 5.92. The van der Waals surface area contributed by atoms with Crippen LogP contribution in [0.1, 0.15) is 40.0 Å². The van der Waals surface area contributed by atoms with Crippen molar-refractivity contribution in [1.82, 2.24) is 4.90 Å². The highest BCUT2D eigenvalue weighted by Crippen LogP contribution is 2.42. The van der Waals surface area contributed by atoms with E-state index in [-0.39, 0.29) is 12.1 Å². The Kier molecular flexibility index (Phi) is 2.86. The summed E-state index contributed by atoms with van der Waals surface area (Å²) in [5.74, 6) is 0.600. The van der Waals surface area contributed by atoms with Crippen LogP contribution in [0.25, 0.3) is 0 Å². The average molecular weight is 226 g/mol. The number of likely N-dealkylation sites (tertiary alicyclic amines) is 1. The molecule has 0 aromatic rings.